The summed E-state index contributed by atoms with van der Waals surface area (Å²) in [4.78, 5) is 0. The van der Waals surface area contributed by atoms with Crippen LogP contribution >= 0.6 is 0 Å². The summed E-state index contributed by atoms with van der Waals surface area (Å²) in [6, 6.07) is 0. The van der Waals surface area contributed by atoms with Crippen LogP contribution in [0.4, 0.5) is 0 Å². The van der Waals surface area contributed by atoms with E-state index < -0.39 is 18.4 Å². The monoisotopic (exact) mass is 255 g/mol. The molecule has 2 fully saturated rings. The molecule has 3 nitrogen and oxygen atoms in total. The number of methoxy groups -OCH3 is 1. The minimum absolute atomic E-state index is 0.124. The van der Waals surface area contributed by atoms with Gasteiger partial charge in [0.2, 0.25) is 0 Å². The molecule has 2 atom stereocenters. The van der Waals surface area contributed by atoms with Crippen molar-refractivity contribution in [3.63, 3.8) is 0 Å². The topological polar surface area (TPSA) is 27.7 Å². The van der Waals surface area contributed by atoms with Gasteiger partial charge in [0.1, 0.15) is 0 Å². The molecule has 1 saturated carbocycles. The maximum atomic E-state index is 7.52. The Morgan fingerprint density at radius 2 is 2.11 bits per heavy atom. The van der Waals surface area contributed by atoms with Gasteiger partial charge in [0.15, 0.2) is 5.79 Å². The van der Waals surface area contributed by atoms with Crippen molar-refractivity contribution in [1.29, 1.82) is 0 Å². The van der Waals surface area contributed by atoms with Crippen molar-refractivity contribution in [2.45, 2.75) is 51.4 Å². The number of ether oxygens (including phenoxy) is 3. The van der Waals surface area contributed by atoms with Gasteiger partial charge in [0.05, 0.1) is 22.9 Å². The van der Waals surface area contributed by atoms with Crippen molar-refractivity contribution < 1.29 is 18.3 Å². The highest BCUT2D eigenvalue weighted by Crippen LogP contribution is 2.58. The summed E-state index contributed by atoms with van der Waals surface area (Å²) >= 11 is 0. The minimum Gasteiger partial charge on any atom is -0.374 e. The zero-order valence-corrected chi connectivity index (χ0v) is 11.4. The Morgan fingerprint density at radius 3 is 2.78 bits per heavy atom. The number of allylic oxidation sites excluding steroid dienone is 1. The fourth-order valence-corrected chi connectivity index (χ4v) is 3.85. The highest BCUT2D eigenvalue weighted by Gasteiger charge is 2.59. The standard InChI is InChI=1S/C15H24O3/c1-11-5-6-12-7-14(8-15(11,12)16-4)9-17-13(2,3)18-10-14/h5,12H,6-10H2,1-4H3/i4D3. The maximum absolute atomic E-state index is 7.52. The van der Waals surface area contributed by atoms with Gasteiger partial charge in [-0.25, -0.2) is 0 Å². The highest BCUT2D eigenvalue weighted by atomic mass is 16.7. The second-order valence-electron chi connectivity index (χ2n) is 6.67. The van der Waals surface area contributed by atoms with Crippen LogP contribution < -0.4 is 0 Å². The average molecular weight is 255 g/mol. The molecule has 1 heterocycles. The minimum atomic E-state index is -2.38. The SMILES string of the molecule is [2H]C([2H])([2H])OC12CC3(COC(C)(C)OC3)CC1CC=C2C. The van der Waals surface area contributed by atoms with E-state index in [9.17, 15) is 0 Å². The van der Waals surface area contributed by atoms with Crippen LogP contribution in [-0.4, -0.2) is 31.6 Å². The van der Waals surface area contributed by atoms with Crippen molar-refractivity contribution in [2.24, 2.45) is 11.3 Å². The molecular formula is C15H24O3. The summed E-state index contributed by atoms with van der Waals surface area (Å²) in [6.07, 6.45) is 4.57. The zero-order chi connectivity index (χ0) is 15.5. The van der Waals surface area contributed by atoms with Gasteiger partial charge in [0.25, 0.3) is 0 Å². The first kappa shape index (κ1) is 9.51. The third-order valence-electron chi connectivity index (χ3n) is 4.99. The summed E-state index contributed by atoms with van der Waals surface area (Å²) in [5.74, 6) is -0.336. The Hall–Kier alpha value is -0.380. The van der Waals surface area contributed by atoms with E-state index >= 15 is 0 Å². The van der Waals surface area contributed by atoms with Crippen LogP contribution in [-0.2, 0) is 14.2 Å². The molecule has 3 rings (SSSR count). The number of hydrogen-bond donors (Lipinski definition) is 0. The van der Waals surface area contributed by atoms with E-state index in [4.69, 9.17) is 18.3 Å². The van der Waals surface area contributed by atoms with Crippen molar-refractivity contribution in [3.05, 3.63) is 11.6 Å². The molecule has 18 heavy (non-hydrogen) atoms. The molecule has 1 spiro atoms. The molecule has 2 unspecified atom stereocenters. The van der Waals surface area contributed by atoms with Gasteiger partial charge in [-0.15, -0.1) is 0 Å². The molecule has 102 valence electrons. The molecule has 2 aliphatic carbocycles. The lowest BCUT2D eigenvalue weighted by molar-refractivity contribution is -0.286. The van der Waals surface area contributed by atoms with Crippen molar-refractivity contribution >= 4 is 0 Å². The van der Waals surface area contributed by atoms with E-state index in [2.05, 4.69) is 6.08 Å². The van der Waals surface area contributed by atoms with E-state index in [-0.39, 0.29) is 11.3 Å². The van der Waals surface area contributed by atoms with E-state index in [1.165, 1.54) is 0 Å². The largest absolute Gasteiger partial charge is 0.374 e. The maximum Gasteiger partial charge on any atom is 0.162 e. The summed E-state index contributed by atoms with van der Waals surface area (Å²) in [7, 11) is -2.38. The summed E-state index contributed by atoms with van der Waals surface area (Å²) in [5, 5.41) is 0. The lowest BCUT2D eigenvalue weighted by Gasteiger charge is -2.42. The Balaban J connectivity index is 1.84. The van der Waals surface area contributed by atoms with Gasteiger partial charge in [-0.3, -0.25) is 0 Å². The Morgan fingerprint density at radius 1 is 1.39 bits per heavy atom. The smallest absolute Gasteiger partial charge is 0.162 e. The highest BCUT2D eigenvalue weighted by molar-refractivity contribution is 5.29. The molecule has 3 aliphatic rings. The van der Waals surface area contributed by atoms with Gasteiger partial charge in [-0.2, -0.15) is 0 Å². The summed E-state index contributed by atoms with van der Waals surface area (Å²) < 4.78 is 39.9. The van der Waals surface area contributed by atoms with Crippen molar-refractivity contribution in [2.75, 3.05) is 20.3 Å². The second-order valence-corrected chi connectivity index (χ2v) is 6.67. The van der Waals surface area contributed by atoms with E-state index in [1.807, 2.05) is 20.8 Å². The van der Waals surface area contributed by atoms with Gasteiger partial charge >= 0.3 is 0 Å². The first-order chi connectivity index (χ1) is 9.56. The summed E-state index contributed by atoms with van der Waals surface area (Å²) in [6.45, 7) is 7.02. The second kappa shape index (κ2) is 3.81. The Bertz CT molecular complexity index is 459. The molecule has 1 saturated heterocycles. The van der Waals surface area contributed by atoms with E-state index in [0.29, 0.717) is 19.6 Å². The average Bonchev–Trinajstić information content (AvgIpc) is 2.77. The summed E-state index contributed by atoms with van der Waals surface area (Å²) in [5.41, 5.74) is 0.255. The molecule has 3 heteroatoms. The van der Waals surface area contributed by atoms with Gasteiger partial charge < -0.3 is 14.2 Å². The van der Waals surface area contributed by atoms with Gasteiger partial charge in [0, 0.05) is 12.5 Å². The third kappa shape index (κ3) is 1.68. The quantitative estimate of drug-likeness (QED) is 0.674. The fraction of sp³-hybridized carbons (Fsp3) is 0.867. The Kier molecular flexibility index (Phi) is 2.01. The number of rotatable bonds is 1. The third-order valence-corrected chi connectivity index (χ3v) is 4.99. The number of hydrogen-bond acceptors (Lipinski definition) is 3. The molecule has 0 radical (unpaired) electrons. The molecule has 1 aliphatic heterocycles. The van der Waals surface area contributed by atoms with Crippen LogP contribution in [0.15, 0.2) is 11.6 Å². The van der Waals surface area contributed by atoms with Crippen LogP contribution in [0, 0.1) is 11.3 Å². The fourth-order valence-electron chi connectivity index (χ4n) is 3.85. The first-order valence-electron chi connectivity index (χ1n) is 8.21. The molecule has 0 N–H and O–H groups in total. The lowest BCUT2D eigenvalue weighted by atomic mass is 9.83. The van der Waals surface area contributed by atoms with E-state index in [0.717, 1.165) is 18.4 Å². The zero-order valence-electron chi connectivity index (χ0n) is 14.4. The molecule has 0 amide bonds. The van der Waals surface area contributed by atoms with Crippen LogP contribution in [0.5, 0.6) is 0 Å². The predicted molar refractivity (Wildman–Crippen MR) is 69.3 cm³/mol. The van der Waals surface area contributed by atoms with Crippen LogP contribution in [0.3, 0.4) is 0 Å². The van der Waals surface area contributed by atoms with E-state index in [1.54, 1.807) is 0 Å². The lowest BCUT2D eigenvalue weighted by Crippen LogP contribution is -2.46. The normalized spacial score (nSPS) is 44.1. The molecule has 0 aromatic carbocycles. The van der Waals surface area contributed by atoms with Gasteiger partial charge in [-0.1, -0.05) is 6.08 Å². The van der Waals surface area contributed by atoms with Crippen LogP contribution in [0.25, 0.3) is 0 Å². The number of fused-ring (bicyclic) bond motifs is 1. The van der Waals surface area contributed by atoms with Crippen LogP contribution in [0.2, 0.25) is 0 Å². The van der Waals surface area contributed by atoms with Crippen molar-refractivity contribution in [3.8, 4) is 0 Å². The first-order valence-corrected chi connectivity index (χ1v) is 6.71. The van der Waals surface area contributed by atoms with Crippen LogP contribution in [0.1, 0.15) is 44.1 Å². The molecule has 0 aromatic heterocycles. The van der Waals surface area contributed by atoms with Gasteiger partial charge in [-0.05, 0) is 51.5 Å². The molecule has 0 aromatic rings. The van der Waals surface area contributed by atoms with Crippen molar-refractivity contribution in [1.82, 2.24) is 0 Å². The molecular weight excluding hydrogens is 228 g/mol. The predicted octanol–water partition coefficient (Wildman–Crippen LogP) is 2.90. The molecule has 0 bridgehead atoms. The Labute approximate surface area is 114 Å².